The molecule has 0 aromatic heterocycles. The van der Waals surface area contributed by atoms with Gasteiger partial charge in [-0.1, -0.05) is 40.5 Å². The molecular formula is C17H32O4. The normalized spacial score (nSPS) is 15.5. The number of aliphatic carboxylic acids is 1. The van der Waals surface area contributed by atoms with Crippen LogP contribution >= 0.6 is 0 Å². The van der Waals surface area contributed by atoms with Crippen molar-refractivity contribution in [2.24, 2.45) is 11.8 Å². The number of esters is 1. The molecule has 0 saturated heterocycles. The van der Waals surface area contributed by atoms with Crippen molar-refractivity contribution in [3.05, 3.63) is 0 Å². The van der Waals surface area contributed by atoms with Crippen molar-refractivity contribution in [2.45, 2.75) is 85.2 Å². The molecule has 0 rings (SSSR count). The Morgan fingerprint density at radius 1 is 1.05 bits per heavy atom. The van der Waals surface area contributed by atoms with Crippen LogP contribution in [0.3, 0.4) is 0 Å². The molecule has 2 atom stereocenters. The van der Waals surface area contributed by atoms with E-state index in [0.717, 1.165) is 25.7 Å². The van der Waals surface area contributed by atoms with E-state index in [4.69, 9.17) is 9.84 Å². The van der Waals surface area contributed by atoms with E-state index in [2.05, 4.69) is 27.7 Å². The van der Waals surface area contributed by atoms with E-state index in [0.29, 0.717) is 18.8 Å². The zero-order valence-electron chi connectivity index (χ0n) is 14.3. The van der Waals surface area contributed by atoms with Gasteiger partial charge in [-0.3, -0.25) is 9.59 Å². The third-order valence-corrected chi connectivity index (χ3v) is 4.59. The maximum atomic E-state index is 12.0. The molecule has 0 aliphatic rings. The van der Waals surface area contributed by atoms with Crippen LogP contribution in [0.5, 0.6) is 0 Å². The minimum atomic E-state index is -0.754. The molecule has 4 heteroatoms. The Balaban J connectivity index is 4.08. The second-order valence-electron chi connectivity index (χ2n) is 6.43. The van der Waals surface area contributed by atoms with Crippen LogP contribution in [0.2, 0.25) is 0 Å². The van der Waals surface area contributed by atoms with Crippen LogP contribution in [-0.2, 0) is 14.3 Å². The van der Waals surface area contributed by atoms with Gasteiger partial charge >= 0.3 is 11.9 Å². The summed E-state index contributed by atoms with van der Waals surface area (Å²) in [5.74, 6) is -0.274. The highest BCUT2D eigenvalue weighted by molar-refractivity contribution is 5.70. The summed E-state index contributed by atoms with van der Waals surface area (Å²) in [5.41, 5.74) is -0.408. The lowest BCUT2D eigenvalue weighted by Gasteiger charge is -2.38. The topological polar surface area (TPSA) is 63.6 Å². The molecule has 0 fully saturated rings. The minimum Gasteiger partial charge on any atom is -0.481 e. The first-order valence-corrected chi connectivity index (χ1v) is 8.17. The van der Waals surface area contributed by atoms with E-state index in [1.165, 1.54) is 0 Å². The standard InChI is InChI=1S/C17H32O4/c1-6-14(4)17(5,13(2)3)21-16(20)12-10-8-7-9-11-15(18)19/h13-14H,6-12H2,1-5H3,(H,18,19). The fourth-order valence-corrected chi connectivity index (χ4v) is 2.39. The zero-order chi connectivity index (χ0) is 16.5. The summed E-state index contributed by atoms with van der Waals surface area (Å²) >= 11 is 0. The predicted octanol–water partition coefficient (Wildman–Crippen LogP) is 4.42. The molecule has 21 heavy (non-hydrogen) atoms. The summed E-state index contributed by atoms with van der Waals surface area (Å²) in [6, 6.07) is 0. The van der Waals surface area contributed by atoms with Gasteiger partial charge in [0.15, 0.2) is 0 Å². The Kier molecular flexibility index (Phi) is 9.31. The Morgan fingerprint density at radius 2 is 1.57 bits per heavy atom. The fraction of sp³-hybridized carbons (Fsp3) is 0.882. The third-order valence-electron chi connectivity index (χ3n) is 4.59. The Morgan fingerprint density at radius 3 is 2.00 bits per heavy atom. The Labute approximate surface area is 129 Å². The maximum absolute atomic E-state index is 12.0. The first-order chi connectivity index (χ1) is 9.74. The highest BCUT2D eigenvalue weighted by Gasteiger charge is 2.37. The first kappa shape index (κ1) is 19.9. The highest BCUT2D eigenvalue weighted by Crippen LogP contribution is 2.32. The van der Waals surface area contributed by atoms with Gasteiger partial charge in [-0.15, -0.1) is 0 Å². The smallest absolute Gasteiger partial charge is 0.306 e. The molecule has 0 aromatic rings. The number of carboxylic acid groups (broad SMARTS) is 1. The van der Waals surface area contributed by atoms with Gasteiger partial charge in [0.1, 0.15) is 5.60 Å². The molecule has 4 nitrogen and oxygen atoms in total. The Hall–Kier alpha value is -1.06. The summed E-state index contributed by atoms with van der Waals surface area (Å²) in [7, 11) is 0. The molecule has 0 bridgehead atoms. The van der Waals surface area contributed by atoms with Crippen LogP contribution in [0.1, 0.15) is 79.6 Å². The van der Waals surface area contributed by atoms with Crippen LogP contribution in [-0.4, -0.2) is 22.6 Å². The molecule has 2 unspecified atom stereocenters. The van der Waals surface area contributed by atoms with Crippen LogP contribution in [0, 0.1) is 11.8 Å². The maximum Gasteiger partial charge on any atom is 0.306 e. The van der Waals surface area contributed by atoms with Gasteiger partial charge in [-0.25, -0.2) is 0 Å². The monoisotopic (exact) mass is 300 g/mol. The fourth-order valence-electron chi connectivity index (χ4n) is 2.39. The first-order valence-electron chi connectivity index (χ1n) is 8.17. The minimum absolute atomic E-state index is 0.135. The van der Waals surface area contributed by atoms with E-state index >= 15 is 0 Å². The molecule has 0 radical (unpaired) electrons. The van der Waals surface area contributed by atoms with Crippen LogP contribution < -0.4 is 0 Å². The van der Waals surface area contributed by atoms with Crippen molar-refractivity contribution in [3.63, 3.8) is 0 Å². The molecule has 0 spiro atoms. The van der Waals surface area contributed by atoms with Gasteiger partial charge in [-0.2, -0.15) is 0 Å². The summed E-state index contributed by atoms with van der Waals surface area (Å²) < 4.78 is 5.76. The molecule has 124 valence electrons. The van der Waals surface area contributed by atoms with Gasteiger partial charge in [-0.05, 0) is 38.0 Å². The second kappa shape index (κ2) is 9.80. The van der Waals surface area contributed by atoms with Crippen molar-refractivity contribution in [2.75, 3.05) is 0 Å². The molecule has 0 aliphatic carbocycles. The number of rotatable bonds is 11. The number of carbonyl (C=O) groups is 2. The molecule has 0 saturated carbocycles. The van der Waals surface area contributed by atoms with Crippen LogP contribution in [0.15, 0.2) is 0 Å². The summed E-state index contributed by atoms with van der Waals surface area (Å²) in [4.78, 5) is 22.4. The molecule has 1 N–H and O–H groups in total. The van der Waals surface area contributed by atoms with Gasteiger partial charge in [0.05, 0.1) is 0 Å². The molecular weight excluding hydrogens is 268 g/mol. The molecule has 0 aromatic carbocycles. The summed E-state index contributed by atoms with van der Waals surface area (Å²) in [6.07, 6.45) is 4.80. The van der Waals surface area contributed by atoms with Crippen molar-refractivity contribution >= 4 is 11.9 Å². The SMILES string of the molecule is CCC(C)C(C)(OC(=O)CCCCCCC(=O)O)C(C)C. The predicted molar refractivity (Wildman–Crippen MR) is 84.1 cm³/mol. The van der Waals surface area contributed by atoms with Crippen molar-refractivity contribution < 1.29 is 19.4 Å². The van der Waals surface area contributed by atoms with Gasteiger partial charge in [0, 0.05) is 12.8 Å². The average Bonchev–Trinajstić information content (AvgIpc) is 2.40. The van der Waals surface area contributed by atoms with E-state index < -0.39 is 11.6 Å². The number of carbonyl (C=O) groups excluding carboxylic acids is 1. The van der Waals surface area contributed by atoms with Crippen LogP contribution in [0.25, 0.3) is 0 Å². The van der Waals surface area contributed by atoms with Crippen molar-refractivity contribution in [3.8, 4) is 0 Å². The quantitative estimate of drug-likeness (QED) is 0.453. The van der Waals surface area contributed by atoms with E-state index in [1.54, 1.807) is 0 Å². The second-order valence-corrected chi connectivity index (χ2v) is 6.43. The molecule has 0 aliphatic heterocycles. The molecule has 0 amide bonds. The number of hydrogen-bond donors (Lipinski definition) is 1. The zero-order valence-corrected chi connectivity index (χ0v) is 14.3. The Bertz CT molecular complexity index is 325. The lowest BCUT2D eigenvalue weighted by atomic mass is 9.79. The number of unbranched alkanes of at least 4 members (excludes halogenated alkanes) is 3. The van der Waals surface area contributed by atoms with Gasteiger partial charge in [0.2, 0.25) is 0 Å². The number of carboxylic acids is 1. The average molecular weight is 300 g/mol. The van der Waals surface area contributed by atoms with E-state index in [-0.39, 0.29) is 18.3 Å². The lowest BCUT2D eigenvalue weighted by molar-refractivity contribution is -0.170. The molecule has 0 heterocycles. The van der Waals surface area contributed by atoms with Crippen LogP contribution in [0.4, 0.5) is 0 Å². The van der Waals surface area contributed by atoms with Gasteiger partial charge < -0.3 is 9.84 Å². The third kappa shape index (κ3) is 7.49. The summed E-state index contributed by atoms with van der Waals surface area (Å²) in [5, 5.41) is 8.54. The summed E-state index contributed by atoms with van der Waals surface area (Å²) in [6.45, 7) is 10.4. The highest BCUT2D eigenvalue weighted by atomic mass is 16.6. The number of hydrogen-bond acceptors (Lipinski definition) is 3. The van der Waals surface area contributed by atoms with E-state index in [1.807, 2.05) is 6.92 Å². The van der Waals surface area contributed by atoms with Crippen molar-refractivity contribution in [1.82, 2.24) is 0 Å². The van der Waals surface area contributed by atoms with Gasteiger partial charge in [0.25, 0.3) is 0 Å². The number of ether oxygens (including phenoxy) is 1. The lowest BCUT2D eigenvalue weighted by Crippen LogP contribution is -2.43. The van der Waals surface area contributed by atoms with Crippen molar-refractivity contribution in [1.29, 1.82) is 0 Å². The largest absolute Gasteiger partial charge is 0.481 e. The van der Waals surface area contributed by atoms with E-state index in [9.17, 15) is 9.59 Å².